The van der Waals surface area contributed by atoms with Crippen LogP contribution in [0.3, 0.4) is 0 Å². The zero-order chi connectivity index (χ0) is 25.8. The maximum absolute atomic E-state index is 12.9. The molecule has 8 heteroatoms. The number of hydrogen-bond acceptors (Lipinski definition) is 4. The number of aryl methyl sites for hydroxylation is 1. The highest BCUT2D eigenvalue weighted by Crippen LogP contribution is 2.40. The van der Waals surface area contributed by atoms with Gasteiger partial charge in [0.2, 0.25) is 5.91 Å². The zero-order valence-electron chi connectivity index (χ0n) is 20.4. The summed E-state index contributed by atoms with van der Waals surface area (Å²) in [5.74, 6) is 1.48. The van der Waals surface area contributed by atoms with Crippen LogP contribution in [-0.4, -0.2) is 27.4 Å². The molecule has 37 heavy (non-hydrogen) atoms. The van der Waals surface area contributed by atoms with Crippen LogP contribution in [0.1, 0.15) is 42.4 Å². The molecule has 0 saturated carbocycles. The number of pyridine rings is 1. The number of furan rings is 1. The number of amides is 1. The van der Waals surface area contributed by atoms with Crippen molar-refractivity contribution >= 4 is 44.9 Å². The van der Waals surface area contributed by atoms with Gasteiger partial charge in [0.15, 0.2) is 5.11 Å². The minimum atomic E-state index is -0.248. The largest absolute Gasteiger partial charge is 0.459 e. The lowest BCUT2D eigenvalue weighted by Gasteiger charge is -2.26. The van der Waals surface area contributed by atoms with Crippen LogP contribution in [0.5, 0.6) is 0 Å². The van der Waals surface area contributed by atoms with Crippen molar-refractivity contribution in [2.24, 2.45) is 0 Å². The van der Waals surface area contributed by atoms with Gasteiger partial charge in [-0.2, -0.15) is 0 Å². The highest BCUT2D eigenvalue weighted by atomic mass is 79.9. The van der Waals surface area contributed by atoms with Crippen LogP contribution in [-0.2, 0) is 11.2 Å². The molecule has 2 atom stereocenters. The van der Waals surface area contributed by atoms with E-state index in [-0.39, 0.29) is 24.4 Å². The van der Waals surface area contributed by atoms with E-state index in [9.17, 15) is 4.79 Å². The summed E-state index contributed by atoms with van der Waals surface area (Å²) in [7, 11) is 0. The number of aromatic nitrogens is 1. The number of rotatable bonds is 8. The second-order valence-electron chi connectivity index (χ2n) is 8.84. The van der Waals surface area contributed by atoms with Crippen LogP contribution in [0.15, 0.2) is 93.9 Å². The molecule has 2 N–H and O–H groups in total. The van der Waals surface area contributed by atoms with Gasteiger partial charge in [0.25, 0.3) is 0 Å². The quantitative estimate of drug-likeness (QED) is 0.229. The van der Waals surface area contributed by atoms with E-state index in [1.165, 1.54) is 0 Å². The topological polar surface area (TPSA) is 70.4 Å². The number of nitrogens with zero attached hydrogens (tertiary/aromatic N) is 2. The Morgan fingerprint density at radius 2 is 1.86 bits per heavy atom. The maximum Gasteiger partial charge on any atom is 0.226 e. The molecule has 5 rings (SSSR count). The molecule has 1 aliphatic heterocycles. The summed E-state index contributed by atoms with van der Waals surface area (Å²) in [5, 5.41) is 7.05. The Morgan fingerprint density at radius 1 is 1.08 bits per heavy atom. The van der Waals surface area contributed by atoms with Crippen molar-refractivity contribution in [3.8, 4) is 11.3 Å². The Balaban J connectivity index is 1.39. The molecule has 188 valence electrons. The van der Waals surface area contributed by atoms with E-state index in [4.69, 9.17) is 16.6 Å². The normalized spacial score (nSPS) is 17.0. The third-order valence-corrected chi connectivity index (χ3v) is 7.38. The molecular weight excluding hydrogens is 548 g/mol. The summed E-state index contributed by atoms with van der Waals surface area (Å²) in [6.45, 7) is 2.52. The molecule has 2 aromatic carbocycles. The van der Waals surface area contributed by atoms with Crippen molar-refractivity contribution in [3.05, 3.63) is 107 Å². The number of carbonyl (C=O) groups excluding carboxylic acids is 1. The number of benzene rings is 2. The van der Waals surface area contributed by atoms with Gasteiger partial charge < -0.3 is 20.0 Å². The fourth-order valence-corrected chi connectivity index (χ4v) is 5.22. The summed E-state index contributed by atoms with van der Waals surface area (Å²) in [6, 6.07) is 25.2. The van der Waals surface area contributed by atoms with Crippen LogP contribution in [0.2, 0.25) is 0 Å². The van der Waals surface area contributed by atoms with E-state index in [2.05, 4.69) is 38.5 Å². The first-order valence-corrected chi connectivity index (χ1v) is 13.4. The van der Waals surface area contributed by atoms with E-state index in [1.807, 2.05) is 83.8 Å². The number of anilines is 1. The molecule has 0 unspecified atom stereocenters. The number of nitrogens with one attached hydrogen (secondary N) is 2. The lowest BCUT2D eigenvalue weighted by atomic mass is 10.0. The van der Waals surface area contributed by atoms with Crippen LogP contribution in [0, 0.1) is 0 Å². The molecule has 3 heterocycles. The molecule has 6 nitrogen and oxygen atoms in total. The SMILES string of the molecule is CCc1ccccc1NC(=O)CCN1C(=S)N[C@@H](c2ccccn2)[C@@H]1c1ccc(-c2ccc(Br)cc2)o1. The second-order valence-corrected chi connectivity index (χ2v) is 10.1. The first-order chi connectivity index (χ1) is 18.0. The summed E-state index contributed by atoms with van der Waals surface area (Å²) < 4.78 is 7.38. The Labute approximate surface area is 230 Å². The molecule has 0 bridgehead atoms. The first kappa shape index (κ1) is 25.2. The third-order valence-electron chi connectivity index (χ3n) is 6.50. The second kappa shape index (κ2) is 11.3. The van der Waals surface area contributed by atoms with Crippen molar-refractivity contribution < 1.29 is 9.21 Å². The van der Waals surface area contributed by atoms with E-state index in [0.29, 0.717) is 11.7 Å². The van der Waals surface area contributed by atoms with Gasteiger partial charge >= 0.3 is 0 Å². The molecule has 2 aromatic heterocycles. The fraction of sp³-hybridized carbons (Fsp3) is 0.207. The van der Waals surface area contributed by atoms with Crippen LogP contribution >= 0.6 is 28.1 Å². The van der Waals surface area contributed by atoms with Crippen LogP contribution < -0.4 is 10.6 Å². The van der Waals surface area contributed by atoms with Crippen molar-refractivity contribution in [1.82, 2.24) is 15.2 Å². The zero-order valence-corrected chi connectivity index (χ0v) is 22.8. The van der Waals surface area contributed by atoms with Crippen molar-refractivity contribution in [3.63, 3.8) is 0 Å². The monoisotopic (exact) mass is 574 g/mol. The van der Waals surface area contributed by atoms with Gasteiger partial charge in [-0.3, -0.25) is 9.78 Å². The van der Waals surface area contributed by atoms with Crippen molar-refractivity contribution in [2.75, 3.05) is 11.9 Å². The highest BCUT2D eigenvalue weighted by molar-refractivity contribution is 9.10. The number of para-hydroxylation sites is 1. The summed E-state index contributed by atoms with van der Waals surface area (Å²) in [5.41, 5.74) is 3.81. The molecule has 0 spiro atoms. The summed E-state index contributed by atoms with van der Waals surface area (Å²) in [6.07, 6.45) is 2.91. The molecule has 4 aromatic rings. The molecule has 1 saturated heterocycles. The van der Waals surface area contributed by atoms with Crippen LogP contribution in [0.4, 0.5) is 5.69 Å². The number of thiocarbonyl (C=S) groups is 1. The number of carbonyl (C=O) groups is 1. The highest BCUT2D eigenvalue weighted by Gasteiger charge is 2.41. The Kier molecular flexibility index (Phi) is 7.67. The number of halogens is 1. The van der Waals surface area contributed by atoms with Crippen molar-refractivity contribution in [2.45, 2.75) is 31.8 Å². The molecular formula is C29H27BrN4O2S. The summed E-state index contributed by atoms with van der Waals surface area (Å²) in [4.78, 5) is 19.5. The van der Waals surface area contributed by atoms with Gasteiger partial charge in [-0.05, 0) is 66.7 Å². The maximum atomic E-state index is 12.9. The third kappa shape index (κ3) is 5.60. The van der Waals surface area contributed by atoms with E-state index in [1.54, 1.807) is 6.20 Å². The fourth-order valence-electron chi connectivity index (χ4n) is 4.62. The van der Waals surface area contributed by atoms with E-state index < -0.39 is 0 Å². The predicted octanol–water partition coefficient (Wildman–Crippen LogP) is 6.67. The Bertz CT molecular complexity index is 1390. The van der Waals surface area contributed by atoms with E-state index in [0.717, 1.165) is 44.9 Å². The average molecular weight is 576 g/mol. The number of hydrogen-bond donors (Lipinski definition) is 2. The van der Waals surface area contributed by atoms with Gasteiger partial charge in [0.1, 0.15) is 17.6 Å². The van der Waals surface area contributed by atoms with Crippen LogP contribution in [0.25, 0.3) is 11.3 Å². The van der Waals surface area contributed by atoms with Gasteiger partial charge in [0, 0.05) is 34.9 Å². The van der Waals surface area contributed by atoms with Gasteiger partial charge in [-0.1, -0.05) is 59.3 Å². The smallest absolute Gasteiger partial charge is 0.226 e. The lowest BCUT2D eigenvalue weighted by Crippen LogP contribution is -2.32. The standard InChI is InChI=1S/C29H27BrN4O2S/c1-2-19-7-3-4-8-22(19)32-26(35)16-18-34-28(27(33-29(34)37)23-9-5-6-17-31-23)25-15-14-24(36-25)20-10-12-21(30)13-11-20/h3-15,17,27-28H,2,16,18H2,1H3,(H,32,35)(H,33,37)/t27-,28-/m0/s1. The summed E-state index contributed by atoms with van der Waals surface area (Å²) >= 11 is 9.22. The first-order valence-electron chi connectivity index (χ1n) is 12.2. The minimum Gasteiger partial charge on any atom is -0.459 e. The molecule has 0 aliphatic carbocycles. The lowest BCUT2D eigenvalue weighted by molar-refractivity contribution is -0.116. The van der Waals surface area contributed by atoms with Gasteiger partial charge in [-0.25, -0.2) is 0 Å². The van der Waals surface area contributed by atoms with Gasteiger partial charge in [0.05, 0.1) is 11.7 Å². The molecule has 1 aliphatic rings. The Morgan fingerprint density at radius 3 is 2.62 bits per heavy atom. The molecule has 1 amide bonds. The van der Waals surface area contributed by atoms with Crippen molar-refractivity contribution in [1.29, 1.82) is 0 Å². The Hall–Kier alpha value is -3.49. The molecule has 0 radical (unpaired) electrons. The minimum absolute atomic E-state index is 0.0567. The van der Waals surface area contributed by atoms with E-state index >= 15 is 0 Å². The molecule has 1 fully saturated rings. The average Bonchev–Trinajstić information content (AvgIpc) is 3.53. The predicted molar refractivity (Wildman–Crippen MR) is 153 cm³/mol. The van der Waals surface area contributed by atoms with Gasteiger partial charge in [-0.15, -0.1) is 0 Å².